The Kier molecular flexibility index (Phi) is 5.18. The van der Waals surface area contributed by atoms with Gasteiger partial charge < -0.3 is 10.1 Å². The van der Waals surface area contributed by atoms with Crippen molar-refractivity contribution in [3.8, 4) is 5.75 Å². The van der Waals surface area contributed by atoms with Gasteiger partial charge in [-0.2, -0.15) is 5.10 Å². The quantitative estimate of drug-likeness (QED) is 0.867. The number of benzene rings is 1. The minimum atomic E-state index is -0.0706. The van der Waals surface area contributed by atoms with Gasteiger partial charge >= 0.3 is 0 Å². The molecule has 1 aliphatic carbocycles. The number of hydrogen-bond donors (Lipinski definition) is 1. The molecule has 2 aromatic rings. The molecule has 23 heavy (non-hydrogen) atoms. The number of hydrogen-bond acceptors (Lipinski definition) is 3. The summed E-state index contributed by atoms with van der Waals surface area (Å²) < 4.78 is 7.47. The predicted octanol–water partition coefficient (Wildman–Crippen LogP) is 4.06. The number of ether oxygens (including phenoxy) is 1. The van der Waals surface area contributed by atoms with Gasteiger partial charge in [0.05, 0.1) is 25.3 Å². The topological polar surface area (TPSA) is 56.1 Å². The molecule has 1 amide bonds. The highest BCUT2D eigenvalue weighted by atomic mass is 35.5. The third kappa shape index (κ3) is 4.26. The fourth-order valence-corrected chi connectivity index (χ4v) is 2.98. The van der Waals surface area contributed by atoms with E-state index in [0.717, 1.165) is 18.7 Å². The molecule has 6 heteroatoms. The lowest BCUT2D eigenvalue weighted by atomic mass is 10.2. The van der Waals surface area contributed by atoms with E-state index in [0.29, 0.717) is 29.8 Å². The number of amides is 1. The molecule has 1 fully saturated rings. The van der Waals surface area contributed by atoms with Crippen LogP contribution in [0.4, 0.5) is 5.82 Å². The average molecular weight is 334 g/mol. The molecule has 1 saturated carbocycles. The number of anilines is 1. The van der Waals surface area contributed by atoms with Crippen LogP contribution in [0.1, 0.15) is 38.1 Å². The second-order valence-corrected chi connectivity index (χ2v) is 6.14. The van der Waals surface area contributed by atoms with Gasteiger partial charge in [-0.25, -0.2) is 4.68 Å². The summed E-state index contributed by atoms with van der Waals surface area (Å²) in [6.45, 7) is 0.324. The Morgan fingerprint density at radius 1 is 1.26 bits per heavy atom. The smallest absolute Gasteiger partial charge is 0.228 e. The molecule has 5 nitrogen and oxygen atoms in total. The van der Waals surface area contributed by atoms with Crippen molar-refractivity contribution in [3.63, 3.8) is 0 Å². The van der Waals surface area contributed by atoms with E-state index in [4.69, 9.17) is 16.3 Å². The van der Waals surface area contributed by atoms with Gasteiger partial charge in [-0.05, 0) is 37.1 Å². The van der Waals surface area contributed by atoms with E-state index < -0.39 is 0 Å². The van der Waals surface area contributed by atoms with Crippen LogP contribution in [0.15, 0.2) is 36.5 Å². The summed E-state index contributed by atoms with van der Waals surface area (Å²) in [4.78, 5) is 12.1. The summed E-state index contributed by atoms with van der Waals surface area (Å²) in [6, 6.07) is 9.35. The van der Waals surface area contributed by atoms with E-state index in [2.05, 4.69) is 10.4 Å². The Balaban J connectivity index is 1.48. The first-order chi connectivity index (χ1) is 11.2. The van der Waals surface area contributed by atoms with E-state index in [1.165, 1.54) is 12.8 Å². The summed E-state index contributed by atoms with van der Waals surface area (Å²) in [7, 11) is 0. The Morgan fingerprint density at radius 2 is 2.00 bits per heavy atom. The van der Waals surface area contributed by atoms with Gasteiger partial charge in [-0.3, -0.25) is 4.79 Å². The van der Waals surface area contributed by atoms with Crippen molar-refractivity contribution in [2.75, 3.05) is 11.9 Å². The highest BCUT2D eigenvalue weighted by molar-refractivity contribution is 6.30. The minimum absolute atomic E-state index is 0.0706. The van der Waals surface area contributed by atoms with E-state index in [-0.39, 0.29) is 5.91 Å². The Bertz CT molecular complexity index is 648. The summed E-state index contributed by atoms with van der Waals surface area (Å²) in [6.07, 6.45) is 6.74. The molecular weight excluding hydrogens is 314 g/mol. The molecule has 0 saturated heterocycles. The molecule has 1 aliphatic rings. The van der Waals surface area contributed by atoms with Crippen LogP contribution in [0.25, 0.3) is 0 Å². The third-order valence-electron chi connectivity index (χ3n) is 4.02. The fraction of sp³-hybridized carbons (Fsp3) is 0.412. The van der Waals surface area contributed by atoms with Crippen LogP contribution in [0, 0.1) is 0 Å². The van der Waals surface area contributed by atoms with E-state index in [1.807, 2.05) is 10.7 Å². The standard InChI is InChI=1S/C17H20ClN3O2/c18-13-5-7-15(8-6-13)23-12-10-17(22)20-16-9-11-19-21(16)14-3-1-2-4-14/h5-9,11,14H,1-4,10,12H2,(H,20,22). The average Bonchev–Trinajstić information content (AvgIpc) is 3.20. The van der Waals surface area contributed by atoms with Crippen molar-refractivity contribution in [3.05, 3.63) is 41.6 Å². The van der Waals surface area contributed by atoms with E-state index >= 15 is 0 Å². The highest BCUT2D eigenvalue weighted by Gasteiger charge is 2.20. The number of carbonyl (C=O) groups is 1. The van der Waals surface area contributed by atoms with Crippen LogP contribution >= 0.6 is 11.6 Å². The predicted molar refractivity (Wildman–Crippen MR) is 89.9 cm³/mol. The van der Waals surface area contributed by atoms with Crippen molar-refractivity contribution in [2.24, 2.45) is 0 Å². The van der Waals surface area contributed by atoms with Crippen LogP contribution in [-0.4, -0.2) is 22.3 Å². The zero-order valence-corrected chi connectivity index (χ0v) is 13.6. The number of rotatable bonds is 6. The first kappa shape index (κ1) is 15.9. The zero-order chi connectivity index (χ0) is 16.1. The second kappa shape index (κ2) is 7.51. The van der Waals surface area contributed by atoms with Gasteiger partial charge in [-0.1, -0.05) is 24.4 Å². The summed E-state index contributed by atoms with van der Waals surface area (Å²) in [5.74, 6) is 1.41. The molecule has 122 valence electrons. The highest BCUT2D eigenvalue weighted by Crippen LogP contribution is 2.31. The SMILES string of the molecule is O=C(CCOc1ccc(Cl)cc1)Nc1ccnn1C1CCCC1. The van der Waals surface area contributed by atoms with Crippen molar-refractivity contribution in [1.82, 2.24) is 9.78 Å². The van der Waals surface area contributed by atoms with Crippen LogP contribution in [0.5, 0.6) is 5.75 Å². The molecule has 1 aromatic heterocycles. The lowest BCUT2D eigenvalue weighted by molar-refractivity contribution is -0.116. The van der Waals surface area contributed by atoms with E-state index in [1.54, 1.807) is 30.5 Å². The largest absolute Gasteiger partial charge is 0.493 e. The maximum Gasteiger partial charge on any atom is 0.228 e. The molecule has 1 N–H and O–H groups in total. The third-order valence-corrected chi connectivity index (χ3v) is 4.27. The van der Waals surface area contributed by atoms with Gasteiger partial charge in [-0.15, -0.1) is 0 Å². The Hall–Kier alpha value is -2.01. The van der Waals surface area contributed by atoms with Gasteiger partial charge in [0.15, 0.2) is 0 Å². The van der Waals surface area contributed by atoms with Gasteiger partial charge in [0.25, 0.3) is 0 Å². The van der Waals surface area contributed by atoms with Crippen molar-refractivity contribution in [2.45, 2.75) is 38.1 Å². The fourth-order valence-electron chi connectivity index (χ4n) is 2.85. The summed E-state index contributed by atoms with van der Waals surface area (Å²) >= 11 is 5.82. The number of nitrogens with zero attached hydrogens (tertiary/aromatic N) is 2. The normalized spacial score (nSPS) is 14.8. The Labute approximate surface area is 140 Å². The van der Waals surface area contributed by atoms with Crippen molar-refractivity contribution >= 4 is 23.3 Å². The van der Waals surface area contributed by atoms with Crippen molar-refractivity contribution in [1.29, 1.82) is 0 Å². The van der Waals surface area contributed by atoms with Crippen LogP contribution in [-0.2, 0) is 4.79 Å². The number of carbonyl (C=O) groups excluding carboxylic acids is 1. The van der Waals surface area contributed by atoms with Gasteiger partial charge in [0, 0.05) is 11.1 Å². The molecule has 0 bridgehead atoms. The van der Waals surface area contributed by atoms with Gasteiger partial charge in [0.1, 0.15) is 11.6 Å². The number of nitrogens with one attached hydrogen (secondary N) is 1. The molecule has 0 radical (unpaired) electrons. The molecular formula is C17H20ClN3O2. The zero-order valence-electron chi connectivity index (χ0n) is 12.9. The number of halogens is 1. The second-order valence-electron chi connectivity index (χ2n) is 5.70. The number of aromatic nitrogens is 2. The van der Waals surface area contributed by atoms with Crippen molar-refractivity contribution < 1.29 is 9.53 Å². The molecule has 1 heterocycles. The molecule has 0 atom stereocenters. The van der Waals surface area contributed by atoms with Crippen LogP contribution < -0.4 is 10.1 Å². The lowest BCUT2D eigenvalue weighted by Crippen LogP contribution is -2.19. The molecule has 3 rings (SSSR count). The van der Waals surface area contributed by atoms with Crippen LogP contribution in [0.3, 0.4) is 0 Å². The van der Waals surface area contributed by atoms with Crippen LogP contribution in [0.2, 0.25) is 5.02 Å². The van der Waals surface area contributed by atoms with E-state index in [9.17, 15) is 4.79 Å². The monoisotopic (exact) mass is 333 g/mol. The molecule has 0 aliphatic heterocycles. The molecule has 1 aromatic carbocycles. The molecule has 0 unspecified atom stereocenters. The Morgan fingerprint density at radius 3 is 2.74 bits per heavy atom. The first-order valence-electron chi connectivity index (χ1n) is 7.94. The maximum atomic E-state index is 12.1. The minimum Gasteiger partial charge on any atom is -0.493 e. The maximum absolute atomic E-state index is 12.1. The summed E-state index contributed by atoms with van der Waals surface area (Å²) in [5, 5.41) is 7.93. The molecule has 0 spiro atoms. The lowest BCUT2D eigenvalue weighted by Gasteiger charge is -2.14. The van der Waals surface area contributed by atoms with Gasteiger partial charge in [0.2, 0.25) is 5.91 Å². The summed E-state index contributed by atoms with van der Waals surface area (Å²) in [5.41, 5.74) is 0. The first-order valence-corrected chi connectivity index (χ1v) is 8.32.